The highest BCUT2D eigenvalue weighted by molar-refractivity contribution is 7.89. The molecule has 0 unspecified atom stereocenters. The standard InChI is InChI=1S/C20H30F3NO3SSi.C19H28F3NO3SSi/c1-19(2,3)29(4,5)27-16-12-18(14-6-7-14)24(13-16)28(25,26)17-10-8-15(9-11-17)20(21,22)23;1-7-15-12-16(26-28(5,6)18(2,3)4)13-23(15)27(24,25)17-10-8-14(9-11-17)19(20,21)22/h8-11,14,16,18H,6-7,12-13H2,1-5H3;7-11,15-16H,1,12-13H2,2-6H3/t16-,18+;15-,16-/m11/s1. The predicted molar refractivity (Wildman–Crippen MR) is 215 cm³/mol. The van der Waals surface area contributed by atoms with Gasteiger partial charge in [0.2, 0.25) is 20.0 Å². The van der Waals surface area contributed by atoms with E-state index < -0.39 is 66.2 Å². The van der Waals surface area contributed by atoms with Gasteiger partial charge in [-0.15, -0.1) is 6.58 Å². The number of sulfonamides is 2. The van der Waals surface area contributed by atoms with Crippen LogP contribution >= 0.6 is 0 Å². The highest BCUT2D eigenvalue weighted by Gasteiger charge is 2.50. The van der Waals surface area contributed by atoms with Crippen molar-refractivity contribution in [3.63, 3.8) is 0 Å². The van der Waals surface area contributed by atoms with E-state index in [1.54, 1.807) is 6.08 Å². The van der Waals surface area contributed by atoms with Gasteiger partial charge in [-0.05, 0) is 116 Å². The molecule has 2 aliphatic heterocycles. The molecule has 0 spiro atoms. The summed E-state index contributed by atoms with van der Waals surface area (Å²) in [7, 11) is -12.0. The monoisotopic (exact) mass is 884 g/mol. The molecule has 4 atom stereocenters. The summed E-state index contributed by atoms with van der Waals surface area (Å²) in [5.41, 5.74) is -1.73. The molecule has 3 aliphatic rings. The van der Waals surface area contributed by atoms with Crippen molar-refractivity contribution in [3.05, 3.63) is 72.3 Å². The van der Waals surface area contributed by atoms with Gasteiger partial charge < -0.3 is 8.85 Å². The highest BCUT2D eigenvalue weighted by atomic mass is 32.2. The maximum absolute atomic E-state index is 13.2. The van der Waals surface area contributed by atoms with Crippen LogP contribution in [0.4, 0.5) is 26.3 Å². The van der Waals surface area contributed by atoms with Gasteiger partial charge in [0, 0.05) is 25.2 Å². The van der Waals surface area contributed by atoms with Crippen molar-refractivity contribution in [2.45, 2.75) is 150 Å². The van der Waals surface area contributed by atoms with E-state index in [1.807, 2.05) is 0 Å². The average Bonchev–Trinajstić information content (AvgIpc) is 3.70. The normalized spacial score (nSPS) is 23.6. The molecule has 0 bridgehead atoms. The highest BCUT2D eigenvalue weighted by Crippen LogP contribution is 2.46. The van der Waals surface area contributed by atoms with Gasteiger partial charge >= 0.3 is 12.4 Å². The molecule has 1 aliphatic carbocycles. The van der Waals surface area contributed by atoms with Crippen LogP contribution < -0.4 is 0 Å². The Morgan fingerprint density at radius 3 is 1.32 bits per heavy atom. The Hall–Kier alpha value is -2.07. The van der Waals surface area contributed by atoms with E-state index in [-0.39, 0.29) is 51.2 Å². The van der Waals surface area contributed by atoms with Gasteiger partial charge in [-0.2, -0.15) is 35.0 Å². The van der Waals surface area contributed by atoms with Crippen LogP contribution in [0.25, 0.3) is 0 Å². The SMILES string of the molecule is C=C[C@@H]1C[C@@H](O[Si](C)(C)C(C)(C)C)CN1S(=O)(=O)c1ccc(C(F)(F)F)cc1.CC(C)(C)[Si](C)(C)O[C@@H]1C[C@@H](C2CC2)N(S(=O)(=O)c2ccc(C(F)(F)F)cc2)C1. The van der Waals surface area contributed by atoms with E-state index >= 15 is 0 Å². The second-order valence-corrected chi connectivity index (χ2v) is 31.7. The van der Waals surface area contributed by atoms with Crippen LogP contribution in [0.5, 0.6) is 0 Å². The Labute approximate surface area is 337 Å². The molecule has 0 amide bonds. The summed E-state index contributed by atoms with van der Waals surface area (Å²) in [4.78, 5) is -0.260. The topological polar surface area (TPSA) is 93.2 Å². The van der Waals surface area contributed by atoms with Crippen LogP contribution in [0.1, 0.15) is 78.4 Å². The first-order chi connectivity index (χ1) is 25.7. The Balaban J connectivity index is 0.000000253. The zero-order chi connectivity index (χ0) is 43.4. The molecule has 3 fully saturated rings. The second kappa shape index (κ2) is 16.4. The molecule has 2 aromatic carbocycles. The molecule has 8 nitrogen and oxygen atoms in total. The third-order valence-electron chi connectivity index (χ3n) is 12.1. The van der Waals surface area contributed by atoms with E-state index in [0.29, 0.717) is 18.8 Å². The first-order valence-electron chi connectivity index (χ1n) is 19.1. The largest absolute Gasteiger partial charge is 0.416 e. The molecule has 5 rings (SSSR count). The quantitative estimate of drug-likeness (QED) is 0.134. The zero-order valence-electron chi connectivity index (χ0n) is 34.5. The van der Waals surface area contributed by atoms with Gasteiger partial charge in [-0.1, -0.05) is 47.6 Å². The summed E-state index contributed by atoms with van der Waals surface area (Å²) in [6.45, 7) is 25.4. The van der Waals surface area contributed by atoms with Crippen LogP contribution in [0, 0.1) is 5.92 Å². The lowest BCUT2D eigenvalue weighted by Crippen LogP contribution is -2.44. The average molecular weight is 885 g/mol. The van der Waals surface area contributed by atoms with Crippen LogP contribution in [0.2, 0.25) is 36.3 Å². The van der Waals surface area contributed by atoms with Crippen LogP contribution in [0.15, 0.2) is 71.0 Å². The lowest BCUT2D eigenvalue weighted by atomic mass is 10.1. The number of nitrogens with zero attached hydrogens (tertiary/aromatic N) is 2. The maximum Gasteiger partial charge on any atom is 0.416 e. The van der Waals surface area contributed by atoms with E-state index in [2.05, 4.69) is 74.3 Å². The number of alkyl halides is 6. The Morgan fingerprint density at radius 2 is 0.982 bits per heavy atom. The molecular weight excluding hydrogens is 827 g/mol. The molecule has 57 heavy (non-hydrogen) atoms. The molecule has 0 N–H and O–H groups in total. The zero-order valence-corrected chi connectivity index (χ0v) is 38.1. The minimum absolute atomic E-state index is 0.0157. The Bertz CT molecular complexity index is 1940. The molecule has 1 saturated carbocycles. The molecule has 322 valence electrons. The molecule has 0 radical (unpaired) electrons. The lowest BCUT2D eigenvalue weighted by molar-refractivity contribution is -0.138. The lowest BCUT2D eigenvalue weighted by Gasteiger charge is -2.38. The van der Waals surface area contributed by atoms with Crippen molar-refractivity contribution in [1.82, 2.24) is 8.61 Å². The number of rotatable bonds is 10. The molecule has 2 heterocycles. The molecular formula is C39H58F6N2O6S2Si2. The summed E-state index contributed by atoms with van der Waals surface area (Å²) in [6.07, 6.45) is -4.80. The fourth-order valence-corrected chi connectivity index (χ4v) is 12.6. The fraction of sp³-hybridized carbons (Fsp3) is 0.641. The number of hydrogen-bond acceptors (Lipinski definition) is 6. The van der Waals surface area contributed by atoms with Crippen LogP contribution in [0.3, 0.4) is 0 Å². The fourth-order valence-electron chi connectivity index (χ4n) is 6.53. The maximum atomic E-state index is 13.2. The third kappa shape index (κ3) is 11.0. The summed E-state index contributed by atoms with van der Waals surface area (Å²) >= 11 is 0. The Morgan fingerprint density at radius 1 is 0.632 bits per heavy atom. The minimum atomic E-state index is -4.51. The number of benzene rings is 2. The van der Waals surface area contributed by atoms with E-state index in [9.17, 15) is 43.2 Å². The van der Waals surface area contributed by atoms with Gasteiger partial charge in [0.05, 0.1) is 33.1 Å². The molecule has 0 aromatic heterocycles. The van der Waals surface area contributed by atoms with Crippen molar-refractivity contribution in [3.8, 4) is 0 Å². The molecule has 2 saturated heterocycles. The van der Waals surface area contributed by atoms with Crippen LogP contribution in [-0.2, 0) is 41.3 Å². The summed E-state index contributed by atoms with van der Waals surface area (Å²) in [5, 5.41) is -0.00179. The predicted octanol–water partition coefficient (Wildman–Crippen LogP) is 10.3. The van der Waals surface area contributed by atoms with Gasteiger partial charge in [-0.25, -0.2) is 16.8 Å². The number of halogens is 6. The first kappa shape index (κ1) is 47.6. The van der Waals surface area contributed by atoms with E-state index in [4.69, 9.17) is 8.85 Å². The summed E-state index contributed by atoms with van der Waals surface area (Å²) in [5.74, 6) is 0.312. The third-order valence-corrected chi connectivity index (χ3v) is 24.9. The van der Waals surface area contributed by atoms with Gasteiger partial charge in [0.25, 0.3) is 0 Å². The van der Waals surface area contributed by atoms with Crippen molar-refractivity contribution in [2.24, 2.45) is 5.92 Å². The van der Waals surface area contributed by atoms with E-state index in [1.165, 1.54) is 8.61 Å². The van der Waals surface area contributed by atoms with Crippen molar-refractivity contribution in [1.29, 1.82) is 0 Å². The summed E-state index contributed by atoms with van der Waals surface area (Å²) in [6, 6.07) is 6.76. The minimum Gasteiger partial charge on any atom is -0.413 e. The van der Waals surface area contributed by atoms with Crippen molar-refractivity contribution >= 4 is 36.7 Å². The molecule has 18 heteroatoms. The van der Waals surface area contributed by atoms with Crippen molar-refractivity contribution in [2.75, 3.05) is 13.1 Å². The van der Waals surface area contributed by atoms with E-state index in [0.717, 1.165) is 61.4 Å². The van der Waals surface area contributed by atoms with Crippen LogP contribution in [-0.4, -0.2) is 79.5 Å². The second-order valence-electron chi connectivity index (χ2n) is 18.4. The smallest absolute Gasteiger partial charge is 0.413 e. The van der Waals surface area contributed by atoms with Crippen molar-refractivity contribution < 1.29 is 52.0 Å². The Kier molecular flexibility index (Phi) is 13.7. The number of hydrogen-bond donors (Lipinski definition) is 0. The molecule has 2 aromatic rings. The van der Waals surface area contributed by atoms with Gasteiger partial charge in [-0.3, -0.25) is 0 Å². The van der Waals surface area contributed by atoms with Gasteiger partial charge in [0.1, 0.15) is 0 Å². The van der Waals surface area contributed by atoms with Gasteiger partial charge in [0.15, 0.2) is 16.6 Å². The summed E-state index contributed by atoms with van der Waals surface area (Å²) < 4.78 is 145. The first-order valence-corrected chi connectivity index (χ1v) is 27.8.